The number of benzene rings is 2. The molecule has 0 bridgehead atoms. The molecule has 2 aromatic rings. The van der Waals surface area contributed by atoms with Gasteiger partial charge in [-0.2, -0.15) is 5.26 Å². The minimum atomic E-state index is -3.96. The Hall–Kier alpha value is -2.96. The number of nitriles is 1. The first-order valence-corrected chi connectivity index (χ1v) is 11.9. The molecule has 1 heterocycles. The molecule has 2 aromatic carbocycles. The predicted octanol–water partition coefficient (Wildman–Crippen LogP) is 2.71. The molecule has 2 aliphatic rings. The molecule has 1 saturated carbocycles. The highest BCUT2D eigenvalue weighted by atomic mass is 35.5. The van der Waals surface area contributed by atoms with Crippen molar-refractivity contribution in [3.05, 3.63) is 64.9 Å². The van der Waals surface area contributed by atoms with E-state index >= 15 is 0 Å². The molecule has 4 rings (SSSR count). The molecule has 0 radical (unpaired) electrons. The van der Waals surface area contributed by atoms with E-state index in [1.807, 2.05) is 0 Å². The van der Waals surface area contributed by atoms with Gasteiger partial charge in [0.15, 0.2) is 9.84 Å². The van der Waals surface area contributed by atoms with Crippen LogP contribution >= 0.6 is 11.6 Å². The number of hydrogen-bond donors (Lipinski definition) is 1. The number of carbonyl (C=O) groups is 2. The molecule has 0 aromatic heterocycles. The second kappa shape index (κ2) is 8.19. The number of likely N-dealkylation sites (tertiary alicyclic amines) is 1. The summed E-state index contributed by atoms with van der Waals surface area (Å²) in [6.45, 7) is -0.235. The third-order valence-corrected chi connectivity index (χ3v) is 8.46. The summed E-state index contributed by atoms with van der Waals surface area (Å²) < 4.78 is 39.8. The summed E-state index contributed by atoms with van der Waals surface area (Å²) >= 11 is 6.10. The molecule has 2 atom stereocenters. The molecule has 2 amide bonds. The molecule has 10 heteroatoms. The Balaban J connectivity index is 1.66. The van der Waals surface area contributed by atoms with Crippen molar-refractivity contribution in [1.82, 2.24) is 10.2 Å². The highest BCUT2D eigenvalue weighted by molar-refractivity contribution is 7.92. The Bertz CT molecular complexity index is 1220. The molecule has 166 valence electrons. The normalized spacial score (nSPS) is 21.6. The number of carbonyl (C=O) groups excluding carboxylic acids is 2. The SMILES string of the molecule is N#CC1(NC(=O)[C@@H]2C[C@@H](S(=O)(=O)c3ccccc3Cl)CN2C(=O)c2ccc(F)cc2)CC1. The highest BCUT2D eigenvalue weighted by Gasteiger charge is 2.50. The van der Waals surface area contributed by atoms with Crippen molar-refractivity contribution in [3.8, 4) is 6.07 Å². The van der Waals surface area contributed by atoms with Crippen molar-refractivity contribution >= 4 is 33.3 Å². The van der Waals surface area contributed by atoms with Crippen molar-refractivity contribution < 1.29 is 22.4 Å². The van der Waals surface area contributed by atoms with Crippen LogP contribution in [0.3, 0.4) is 0 Å². The Morgan fingerprint density at radius 3 is 2.41 bits per heavy atom. The lowest BCUT2D eigenvalue weighted by Crippen LogP contribution is -2.49. The predicted molar refractivity (Wildman–Crippen MR) is 114 cm³/mol. The van der Waals surface area contributed by atoms with Crippen LogP contribution in [0.25, 0.3) is 0 Å². The quantitative estimate of drug-likeness (QED) is 0.715. The first-order valence-electron chi connectivity index (χ1n) is 9.95. The largest absolute Gasteiger partial charge is 0.336 e. The minimum absolute atomic E-state index is 0.0539. The van der Waals surface area contributed by atoms with E-state index in [0.717, 1.165) is 12.1 Å². The summed E-state index contributed by atoms with van der Waals surface area (Å²) in [7, 11) is -3.96. The minimum Gasteiger partial charge on any atom is -0.336 e. The van der Waals surface area contributed by atoms with Gasteiger partial charge in [-0.3, -0.25) is 9.59 Å². The maximum atomic E-state index is 13.3. The molecule has 1 aliphatic carbocycles. The molecule has 1 aliphatic heterocycles. The van der Waals surface area contributed by atoms with Crippen molar-refractivity contribution in [1.29, 1.82) is 5.26 Å². The second-order valence-electron chi connectivity index (χ2n) is 8.00. The fourth-order valence-electron chi connectivity index (χ4n) is 3.82. The van der Waals surface area contributed by atoms with Crippen LogP contribution in [-0.4, -0.2) is 48.5 Å². The van der Waals surface area contributed by atoms with E-state index in [4.69, 9.17) is 11.6 Å². The van der Waals surface area contributed by atoms with Crippen LogP contribution in [-0.2, 0) is 14.6 Å². The van der Waals surface area contributed by atoms with Gasteiger partial charge >= 0.3 is 0 Å². The average molecular weight is 476 g/mol. The van der Waals surface area contributed by atoms with Crippen LogP contribution in [0.5, 0.6) is 0 Å². The third kappa shape index (κ3) is 4.08. The standard InChI is InChI=1S/C22H19ClFN3O4S/c23-17-3-1-2-4-19(17)32(30,31)16-11-18(20(28)26-22(13-25)9-10-22)27(12-16)21(29)14-5-7-15(24)8-6-14/h1-8,16,18H,9-12H2,(H,26,28)/t16-,18+/m1/s1. The molecular weight excluding hydrogens is 457 g/mol. The topological polar surface area (TPSA) is 107 Å². The monoisotopic (exact) mass is 475 g/mol. The van der Waals surface area contributed by atoms with Crippen LogP contribution in [0.15, 0.2) is 53.4 Å². The molecule has 2 fully saturated rings. The molecule has 7 nitrogen and oxygen atoms in total. The van der Waals surface area contributed by atoms with Gasteiger partial charge in [-0.1, -0.05) is 23.7 Å². The smallest absolute Gasteiger partial charge is 0.254 e. The summed E-state index contributed by atoms with van der Waals surface area (Å²) in [5, 5.41) is 10.9. The van der Waals surface area contributed by atoms with Crippen LogP contribution in [0.2, 0.25) is 5.02 Å². The van der Waals surface area contributed by atoms with E-state index < -0.39 is 44.3 Å². The Morgan fingerprint density at radius 1 is 1.16 bits per heavy atom. The van der Waals surface area contributed by atoms with E-state index in [1.54, 1.807) is 12.1 Å². The zero-order valence-corrected chi connectivity index (χ0v) is 18.4. The zero-order chi connectivity index (χ0) is 23.1. The number of sulfone groups is 1. The van der Waals surface area contributed by atoms with Gasteiger partial charge < -0.3 is 10.2 Å². The van der Waals surface area contributed by atoms with Gasteiger partial charge in [-0.15, -0.1) is 0 Å². The van der Waals surface area contributed by atoms with Crippen LogP contribution in [0, 0.1) is 17.1 Å². The molecular formula is C22H19ClFN3O4S. The van der Waals surface area contributed by atoms with Gasteiger partial charge in [0.25, 0.3) is 5.91 Å². The van der Waals surface area contributed by atoms with Gasteiger partial charge in [0.2, 0.25) is 5.91 Å². The summed E-state index contributed by atoms with van der Waals surface area (Å²) in [4.78, 5) is 27.2. The maximum Gasteiger partial charge on any atom is 0.254 e. The number of amides is 2. The number of rotatable bonds is 5. The van der Waals surface area contributed by atoms with Crippen molar-refractivity contribution in [2.24, 2.45) is 0 Å². The van der Waals surface area contributed by atoms with Gasteiger partial charge in [0, 0.05) is 12.1 Å². The number of halogens is 2. The molecule has 32 heavy (non-hydrogen) atoms. The van der Waals surface area contributed by atoms with E-state index in [2.05, 4.69) is 11.4 Å². The average Bonchev–Trinajstić information content (AvgIpc) is 3.39. The number of nitrogens with one attached hydrogen (secondary N) is 1. The summed E-state index contributed by atoms with van der Waals surface area (Å²) in [5.74, 6) is -1.71. The number of nitrogens with zero attached hydrogens (tertiary/aromatic N) is 2. The van der Waals surface area contributed by atoms with Crippen LogP contribution in [0.4, 0.5) is 4.39 Å². The first-order chi connectivity index (χ1) is 15.2. The number of hydrogen-bond acceptors (Lipinski definition) is 5. The zero-order valence-electron chi connectivity index (χ0n) is 16.8. The lowest BCUT2D eigenvalue weighted by molar-refractivity contribution is -0.125. The third-order valence-electron chi connectivity index (χ3n) is 5.83. The Kier molecular flexibility index (Phi) is 5.69. The lowest BCUT2D eigenvalue weighted by Gasteiger charge is -2.25. The van der Waals surface area contributed by atoms with Crippen LogP contribution < -0.4 is 5.32 Å². The molecule has 1 N–H and O–H groups in total. The molecule has 0 unspecified atom stereocenters. The summed E-state index contributed by atoms with van der Waals surface area (Å²) in [6.07, 6.45) is 0.846. The molecule has 1 saturated heterocycles. The summed E-state index contributed by atoms with van der Waals surface area (Å²) in [6, 6.07) is 11.7. The van der Waals surface area contributed by atoms with E-state index in [9.17, 15) is 27.7 Å². The van der Waals surface area contributed by atoms with E-state index in [-0.39, 0.29) is 28.4 Å². The van der Waals surface area contributed by atoms with E-state index in [0.29, 0.717) is 12.8 Å². The van der Waals surface area contributed by atoms with E-state index in [1.165, 1.54) is 29.2 Å². The van der Waals surface area contributed by atoms with Crippen molar-refractivity contribution in [2.75, 3.05) is 6.54 Å². The first kappa shape index (κ1) is 22.2. The molecule has 0 spiro atoms. The van der Waals surface area contributed by atoms with Crippen molar-refractivity contribution in [3.63, 3.8) is 0 Å². The lowest BCUT2D eigenvalue weighted by atomic mass is 10.1. The highest BCUT2D eigenvalue weighted by Crippen LogP contribution is 2.36. The van der Waals surface area contributed by atoms with Gasteiger partial charge in [-0.05, 0) is 55.7 Å². The van der Waals surface area contributed by atoms with Gasteiger partial charge in [0.1, 0.15) is 17.4 Å². The Morgan fingerprint density at radius 2 is 1.81 bits per heavy atom. The summed E-state index contributed by atoms with van der Waals surface area (Å²) in [5.41, 5.74) is -0.845. The Labute approximate surface area is 189 Å². The fraction of sp³-hybridized carbons (Fsp3) is 0.318. The van der Waals surface area contributed by atoms with Gasteiger partial charge in [-0.25, -0.2) is 12.8 Å². The fourth-order valence-corrected chi connectivity index (χ4v) is 6.04. The van der Waals surface area contributed by atoms with Crippen molar-refractivity contribution in [2.45, 2.75) is 41.0 Å². The van der Waals surface area contributed by atoms with Crippen LogP contribution in [0.1, 0.15) is 29.6 Å². The second-order valence-corrected chi connectivity index (χ2v) is 10.6. The van der Waals surface area contributed by atoms with Gasteiger partial charge in [0.05, 0.1) is 21.2 Å². The maximum absolute atomic E-state index is 13.3.